The van der Waals surface area contributed by atoms with Crippen LogP contribution in [0.1, 0.15) is 30.9 Å². The zero-order chi connectivity index (χ0) is 14.7. The maximum atomic E-state index is 12.2. The average molecular weight is 293 g/mol. The number of rotatable bonds is 2. The number of nitrogens with zero attached hydrogens (tertiary/aromatic N) is 1. The summed E-state index contributed by atoms with van der Waals surface area (Å²) in [5, 5.41) is 0.719. The van der Waals surface area contributed by atoms with Crippen molar-refractivity contribution < 1.29 is 4.79 Å². The zero-order valence-electron chi connectivity index (χ0n) is 12.0. The van der Waals surface area contributed by atoms with E-state index in [1.54, 1.807) is 6.08 Å². The Morgan fingerprint density at radius 2 is 2.25 bits per heavy atom. The van der Waals surface area contributed by atoms with Gasteiger partial charge >= 0.3 is 0 Å². The number of halogens is 1. The smallest absolute Gasteiger partial charge is 0.246 e. The van der Waals surface area contributed by atoms with Crippen molar-refractivity contribution in [2.75, 3.05) is 6.54 Å². The predicted molar refractivity (Wildman–Crippen MR) is 83.6 cm³/mol. The largest absolute Gasteiger partial charge is 0.336 e. The highest BCUT2D eigenvalue weighted by molar-refractivity contribution is 6.31. The number of piperidine rings is 1. The van der Waals surface area contributed by atoms with E-state index in [0.29, 0.717) is 0 Å². The van der Waals surface area contributed by atoms with Crippen LogP contribution in [0.15, 0.2) is 24.3 Å². The van der Waals surface area contributed by atoms with E-state index < -0.39 is 0 Å². The van der Waals surface area contributed by atoms with E-state index >= 15 is 0 Å². The van der Waals surface area contributed by atoms with Crippen LogP contribution in [0.5, 0.6) is 0 Å². The molecule has 0 bridgehead atoms. The van der Waals surface area contributed by atoms with E-state index in [1.165, 1.54) is 0 Å². The lowest BCUT2D eigenvalue weighted by Gasteiger charge is -2.35. The first-order valence-electron chi connectivity index (χ1n) is 6.98. The number of aryl methyl sites for hydroxylation is 1. The average Bonchev–Trinajstić information content (AvgIpc) is 2.40. The summed E-state index contributed by atoms with van der Waals surface area (Å²) >= 11 is 6.07. The molecule has 0 radical (unpaired) electrons. The van der Waals surface area contributed by atoms with Gasteiger partial charge < -0.3 is 10.6 Å². The maximum absolute atomic E-state index is 12.2. The molecule has 3 nitrogen and oxygen atoms in total. The van der Waals surface area contributed by atoms with Gasteiger partial charge in [-0.2, -0.15) is 0 Å². The third-order valence-corrected chi connectivity index (χ3v) is 4.22. The second-order valence-corrected chi connectivity index (χ2v) is 5.91. The van der Waals surface area contributed by atoms with Crippen molar-refractivity contribution in [3.63, 3.8) is 0 Å². The van der Waals surface area contributed by atoms with Gasteiger partial charge in [-0.15, -0.1) is 0 Å². The molecule has 108 valence electrons. The number of hydrogen-bond donors (Lipinski definition) is 1. The van der Waals surface area contributed by atoms with Gasteiger partial charge in [-0.3, -0.25) is 4.79 Å². The van der Waals surface area contributed by atoms with Crippen molar-refractivity contribution in [3.8, 4) is 0 Å². The molecule has 0 aliphatic carbocycles. The van der Waals surface area contributed by atoms with E-state index in [4.69, 9.17) is 17.3 Å². The van der Waals surface area contributed by atoms with Crippen molar-refractivity contribution in [1.82, 2.24) is 4.90 Å². The molecule has 1 aromatic rings. The molecular formula is C16H21ClN2O. The summed E-state index contributed by atoms with van der Waals surface area (Å²) in [6.07, 6.45) is 5.18. The van der Waals surface area contributed by atoms with Crippen LogP contribution in [0.25, 0.3) is 6.08 Å². The SMILES string of the molecule is Cc1ccc(C=CC(=O)N2CCC(N)CC2C)cc1Cl. The Kier molecular flexibility index (Phi) is 4.84. The Morgan fingerprint density at radius 1 is 1.50 bits per heavy atom. The number of amides is 1. The lowest BCUT2D eigenvalue weighted by molar-refractivity contribution is -0.129. The highest BCUT2D eigenvalue weighted by atomic mass is 35.5. The number of hydrogen-bond acceptors (Lipinski definition) is 2. The fourth-order valence-corrected chi connectivity index (χ4v) is 2.70. The van der Waals surface area contributed by atoms with Gasteiger partial charge in [-0.25, -0.2) is 0 Å². The number of benzene rings is 1. The Morgan fingerprint density at radius 3 is 2.90 bits per heavy atom. The molecule has 4 heteroatoms. The summed E-state index contributed by atoms with van der Waals surface area (Å²) in [6, 6.07) is 6.21. The summed E-state index contributed by atoms with van der Waals surface area (Å²) in [7, 11) is 0. The molecule has 1 aliphatic rings. The number of carbonyl (C=O) groups excluding carboxylic acids is 1. The summed E-state index contributed by atoms with van der Waals surface area (Å²) in [5.41, 5.74) is 7.89. The molecule has 1 amide bonds. The highest BCUT2D eigenvalue weighted by Crippen LogP contribution is 2.19. The molecule has 0 spiro atoms. The minimum absolute atomic E-state index is 0.0427. The molecule has 1 heterocycles. The number of likely N-dealkylation sites (tertiary alicyclic amines) is 1. The maximum Gasteiger partial charge on any atom is 0.246 e. The Bertz CT molecular complexity index is 527. The zero-order valence-corrected chi connectivity index (χ0v) is 12.7. The van der Waals surface area contributed by atoms with E-state index in [2.05, 4.69) is 0 Å². The van der Waals surface area contributed by atoms with Crippen LogP contribution < -0.4 is 5.73 Å². The highest BCUT2D eigenvalue weighted by Gasteiger charge is 2.25. The van der Waals surface area contributed by atoms with Crippen molar-refractivity contribution in [3.05, 3.63) is 40.4 Å². The van der Waals surface area contributed by atoms with Gasteiger partial charge in [-0.05, 0) is 50.0 Å². The second kappa shape index (κ2) is 6.42. The summed E-state index contributed by atoms with van der Waals surface area (Å²) in [4.78, 5) is 14.1. The molecule has 1 saturated heterocycles. The van der Waals surface area contributed by atoms with Crippen LogP contribution in [0, 0.1) is 6.92 Å². The monoisotopic (exact) mass is 292 g/mol. The molecule has 2 atom stereocenters. The molecule has 1 aromatic carbocycles. The molecule has 0 aromatic heterocycles. The molecule has 0 saturated carbocycles. The normalized spacial score (nSPS) is 23.3. The number of nitrogens with two attached hydrogens (primary N) is 1. The fourth-order valence-electron chi connectivity index (χ4n) is 2.51. The van der Waals surface area contributed by atoms with Crippen molar-refractivity contribution in [2.45, 2.75) is 38.8 Å². The quantitative estimate of drug-likeness (QED) is 0.852. The van der Waals surface area contributed by atoms with E-state index in [1.807, 2.05) is 43.0 Å². The van der Waals surface area contributed by atoms with Crippen LogP contribution in [-0.2, 0) is 4.79 Å². The van der Waals surface area contributed by atoms with Gasteiger partial charge in [0, 0.05) is 29.7 Å². The summed E-state index contributed by atoms with van der Waals surface area (Å²) in [6.45, 7) is 4.74. The topological polar surface area (TPSA) is 46.3 Å². The third-order valence-electron chi connectivity index (χ3n) is 3.81. The van der Waals surface area contributed by atoms with Crippen LogP contribution >= 0.6 is 11.6 Å². The second-order valence-electron chi connectivity index (χ2n) is 5.51. The Hall–Kier alpha value is -1.32. The predicted octanol–water partition coefficient (Wildman–Crippen LogP) is 3.00. The van der Waals surface area contributed by atoms with E-state index in [9.17, 15) is 4.79 Å². The Balaban J connectivity index is 2.03. The van der Waals surface area contributed by atoms with Crippen LogP contribution in [0.4, 0.5) is 0 Å². The standard InChI is InChI=1S/C16H21ClN2O/c1-11-3-4-13(10-15(11)17)5-6-16(20)19-8-7-14(18)9-12(19)2/h3-6,10,12,14H,7-9,18H2,1-2H3. The molecule has 2 rings (SSSR count). The van der Waals surface area contributed by atoms with Gasteiger partial charge in [0.15, 0.2) is 0 Å². The minimum atomic E-state index is 0.0427. The first-order valence-corrected chi connectivity index (χ1v) is 7.35. The third kappa shape index (κ3) is 3.62. The van der Waals surface area contributed by atoms with Gasteiger partial charge in [0.2, 0.25) is 5.91 Å². The summed E-state index contributed by atoms with van der Waals surface area (Å²) < 4.78 is 0. The minimum Gasteiger partial charge on any atom is -0.336 e. The first kappa shape index (κ1) is 15.1. The van der Waals surface area contributed by atoms with Gasteiger partial charge in [0.05, 0.1) is 0 Å². The molecule has 2 unspecified atom stereocenters. The molecular weight excluding hydrogens is 272 g/mol. The molecule has 2 N–H and O–H groups in total. The van der Waals surface area contributed by atoms with Crippen molar-refractivity contribution in [2.24, 2.45) is 5.73 Å². The first-order chi connectivity index (χ1) is 9.47. The van der Waals surface area contributed by atoms with Gasteiger partial charge in [-0.1, -0.05) is 23.7 Å². The molecule has 1 fully saturated rings. The molecule has 1 aliphatic heterocycles. The van der Waals surface area contributed by atoms with Crippen LogP contribution in [0.2, 0.25) is 5.02 Å². The summed E-state index contributed by atoms with van der Waals surface area (Å²) in [5.74, 6) is 0.0427. The van der Waals surface area contributed by atoms with Crippen molar-refractivity contribution in [1.29, 1.82) is 0 Å². The lowest BCUT2D eigenvalue weighted by atomic mass is 9.99. The van der Waals surface area contributed by atoms with Crippen LogP contribution in [-0.4, -0.2) is 29.4 Å². The molecule has 20 heavy (non-hydrogen) atoms. The number of carbonyl (C=O) groups is 1. The van der Waals surface area contributed by atoms with Gasteiger partial charge in [0.25, 0.3) is 0 Å². The van der Waals surface area contributed by atoms with Crippen LogP contribution in [0.3, 0.4) is 0 Å². The van der Waals surface area contributed by atoms with E-state index in [-0.39, 0.29) is 18.0 Å². The van der Waals surface area contributed by atoms with E-state index in [0.717, 1.165) is 35.5 Å². The lowest BCUT2D eigenvalue weighted by Crippen LogP contribution is -2.47. The fraction of sp³-hybridized carbons (Fsp3) is 0.438. The van der Waals surface area contributed by atoms with Crippen molar-refractivity contribution >= 4 is 23.6 Å². The Labute approximate surface area is 125 Å². The van der Waals surface area contributed by atoms with Gasteiger partial charge in [0.1, 0.15) is 0 Å².